The second-order valence-electron chi connectivity index (χ2n) is 9.30. The number of rotatable bonds is 7. The van der Waals surface area contributed by atoms with E-state index in [1.54, 1.807) is 11.1 Å². The number of para-hydroxylation sites is 1. The highest BCUT2D eigenvalue weighted by molar-refractivity contribution is 5.53. The first-order valence-corrected chi connectivity index (χ1v) is 11.9. The molecule has 2 aromatic carbocycles. The van der Waals surface area contributed by atoms with E-state index < -0.39 is 0 Å². The Morgan fingerprint density at radius 3 is 2.75 bits per heavy atom. The molecule has 1 aliphatic carbocycles. The molecule has 5 rings (SSSR count). The lowest BCUT2D eigenvalue weighted by Crippen LogP contribution is -2.27. The third kappa shape index (κ3) is 4.00. The number of benzene rings is 2. The molecule has 1 saturated heterocycles. The van der Waals surface area contributed by atoms with E-state index in [1.165, 1.54) is 36.0 Å². The van der Waals surface area contributed by atoms with Gasteiger partial charge >= 0.3 is 0 Å². The first-order valence-electron chi connectivity index (χ1n) is 11.9. The third-order valence-electron chi connectivity index (χ3n) is 7.33. The van der Waals surface area contributed by atoms with Crippen LogP contribution >= 0.6 is 0 Å². The van der Waals surface area contributed by atoms with E-state index in [4.69, 9.17) is 19.9 Å². The molecule has 0 radical (unpaired) electrons. The highest BCUT2D eigenvalue weighted by Gasteiger charge is 2.37. The summed E-state index contributed by atoms with van der Waals surface area (Å²) < 4.78 is 17.4. The summed E-state index contributed by atoms with van der Waals surface area (Å²) in [6, 6.07) is 13.1. The molecule has 2 aromatic rings. The molecule has 0 bridgehead atoms. The lowest BCUT2D eigenvalue weighted by molar-refractivity contribution is 0.173. The van der Waals surface area contributed by atoms with Crippen molar-refractivity contribution in [3.05, 3.63) is 64.2 Å². The van der Waals surface area contributed by atoms with Gasteiger partial charge in [-0.15, -0.1) is 0 Å². The average molecular weight is 435 g/mol. The first-order chi connectivity index (χ1) is 15.7. The summed E-state index contributed by atoms with van der Waals surface area (Å²) in [6.45, 7) is 7.91. The van der Waals surface area contributed by atoms with E-state index in [0.29, 0.717) is 31.9 Å². The maximum atomic E-state index is 6.06. The molecule has 5 heteroatoms. The van der Waals surface area contributed by atoms with Crippen molar-refractivity contribution in [2.75, 3.05) is 33.0 Å². The van der Waals surface area contributed by atoms with Gasteiger partial charge in [0.05, 0.1) is 0 Å². The van der Waals surface area contributed by atoms with Crippen molar-refractivity contribution in [2.24, 2.45) is 5.73 Å². The zero-order valence-corrected chi connectivity index (χ0v) is 19.2. The minimum Gasteiger partial charge on any atom is -0.492 e. The smallest absolute Gasteiger partial charge is 0.231 e. The molecular weight excluding hydrogens is 400 g/mol. The fraction of sp³-hybridized carbons (Fsp3) is 0.481. The molecule has 2 fully saturated rings. The fourth-order valence-corrected chi connectivity index (χ4v) is 5.45. The van der Waals surface area contributed by atoms with E-state index in [-0.39, 0.29) is 0 Å². The molecule has 0 aromatic heterocycles. The number of ether oxygens (including phenoxy) is 3. The third-order valence-corrected chi connectivity index (χ3v) is 7.33. The Morgan fingerprint density at radius 1 is 1.12 bits per heavy atom. The molecule has 2 heterocycles. The van der Waals surface area contributed by atoms with Crippen LogP contribution in [-0.4, -0.2) is 37.9 Å². The van der Waals surface area contributed by atoms with Gasteiger partial charge in [-0.2, -0.15) is 0 Å². The van der Waals surface area contributed by atoms with Crippen molar-refractivity contribution in [2.45, 2.75) is 51.5 Å². The summed E-state index contributed by atoms with van der Waals surface area (Å²) in [5.74, 6) is 3.18. The number of allylic oxidation sites excluding steroid dienone is 1. The van der Waals surface area contributed by atoms with Crippen molar-refractivity contribution in [1.82, 2.24) is 4.90 Å². The number of likely N-dealkylation sites (tertiary alicyclic amines) is 1. The summed E-state index contributed by atoms with van der Waals surface area (Å²) >= 11 is 0. The lowest BCUT2D eigenvalue weighted by Gasteiger charge is -2.29. The van der Waals surface area contributed by atoms with Gasteiger partial charge in [0.15, 0.2) is 11.5 Å². The maximum Gasteiger partial charge on any atom is 0.231 e. The molecule has 170 valence electrons. The Labute approximate surface area is 191 Å². The normalized spacial score (nSPS) is 22.2. The first kappa shape index (κ1) is 21.4. The molecule has 1 saturated carbocycles. The van der Waals surface area contributed by atoms with E-state index in [1.807, 2.05) is 0 Å². The van der Waals surface area contributed by atoms with Gasteiger partial charge in [0.1, 0.15) is 12.4 Å². The number of nitrogens with two attached hydrogens (primary N) is 1. The van der Waals surface area contributed by atoms with Gasteiger partial charge in [-0.1, -0.05) is 35.4 Å². The van der Waals surface area contributed by atoms with E-state index in [2.05, 4.69) is 55.1 Å². The highest BCUT2D eigenvalue weighted by atomic mass is 16.7. The minimum atomic E-state index is 0.314. The van der Waals surface area contributed by atoms with Gasteiger partial charge in [0.25, 0.3) is 0 Å². The van der Waals surface area contributed by atoms with Gasteiger partial charge in [0.2, 0.25) is 6.79 Å². The van der Waals surface area contributed by atoms with Crippen molar-refractivity contribution >= 4 is 0 Å². The monoisotopic (exact) mass is 434 g/mol. The van der Waals surface area contributed by atoms with Crippen LogP contribution in [0.4, 0.5) is 0 Å². The Kier molecular flexibility index (Phi) is 6.11. The fourth-order valence-electron chi connectivity index (χ4n) is 5.45. The van der Waals surface area contributed by atoms with Gasteiger partial charge in [-0.05, 0) is 68.7 Å². The Hall–Kier alpha value is -2.50. The number of fused-ring (bicyclic) bond motifs is 1. The van der Waals surface area contributed by atoms with Crippen molar-refractivity contribution in [1.29, 1.82) is 0 Å². The van der Waals surface area contributed by atoms with Crippen LogP contribution in [0.3, 0.4) is 0 Å². The summed E-state index contributed by atoms with van der Waals surface area (Å²) in [7, 11) is 0. The summed E-state index contributed by atoms with van der Waals surface area (Å²) in [6.07, 6.45) is 4.94. The molecule has 0 spiro atoms. The van der Waals surface area contributed by atoms with Gasteiger partial charge < -0.3 is 19.9 Å². The van der Waals surface area contributed by atoms with Crippen molar-refractivity contribution in [3.8, 4) is 17.2 Å². The van der Waals surface area contributed by atoms with Gasteiger partial charge in [-0.3, -0.25) is 4.90 Å². The SMILES string of the molecule is CC(CN1CC(c2ccc3c(c2C)OCO3)C[C@@H]1c1ccccc1OCCN)=C1CCC1. The second kappa shape index (κ2) is 9.16. The topological polar surface area (TPSA) is 57.0 Å². The Balaban J connectivity index is 1.47. The van der Waals surface area contributed by atoms with Crippen LogP contribution in [0.5, 0.6) is 17.2 Å². The molecule has 3 aliphatic rings. The molecule has 2 N–H and O–H groups in total. The molecule has 2 atom stereocenters. The molecule has 32 heavy (non-hydrogen) atoms. The summed E-state index contributed by atoms with van der Waals surface area (Å²) in [4.78, 5) is 2.65. The Bertz CT molecular complexity index is 1010. The van der Waals surface area contributed by atoms with Crippen molar-refractivity contribution < 1.29 is 14.2 Å². The van der Waals surface area contributed by atoms with E-state index >= 15 is 0 Å². The second-order valence-corrected chi connectivity index (χ2v) is 9.30. The zero-order chi connectivity index (χ0) is 22.1. The van der Waals surface area contributed by atoms with E-state index in [0.717, 1.165) is 36.8 Å². The number of hydrogen-bond donors (Lipinski definition) is 1. The van der Waals surface area contributed by atoms with Crippen LogP contribution in [0.25, 0.3) is 0 Å². The molecule has 5 nitrogen and oxygen atoms in total. The van der Waals surface area contributed by atoms with E-state index in [9.17, 15) is 0 Å². The standard InChI is InChI=1S/C27H34N2O3/c1-18(20-6-5-7-20)15-29-16-21(22-10-11-26-27(19(22)2)32-17-31-26)14-24(29)23-8-3-4-9-25(23)30-13-12-28/h3-4,8-11,21,24H,5-7,12-17,28H2,1-2H3/t21?,24-/m1/s1. The van der Waals surface area contributed by atoms with Crippen molar-refractivity contribution in [3.63, 3.8) is 0 Å². The lowest BCUT2D eigenvalue weighted by atomic mass is 9.88. The quantitative estimate of drug-likeness (QED) is 0.615. The zero-order valence-electron chi connectivity index (χ0n) is 19.2. The van der Waals surface area contributed by atoms with Crippen LogP contribution in [-0.2, 0) is 0 Å². The minimum absolute atomic E-state index is 0.314. The van der Waals surface area contributed by atoms with Crippen LogP contribution in [0.1, 0.15) is 61.3 Å². The molecule has 0 amide bonds. The van der Waals surface area contributed by atoms with Crippen LogP contribution in [0.15, 0.2) is 47.5 Å². The predicted molar refractivity (Wildman–Crippen MR) is 127 cm³/mol. The van der Waals surface area contributed by atoms with Crippen LogP contribution in [0.2, 0.25) is 0 Å². The van der Waals surface area contributed by atoms with Gasteiger partial charge in [-0.25, -0.2) is 0 Å². The molecular formula is C27H34N2O3. The molecule has 1 unspecified atom stereocenters. The maximum absolute atomic E-state index is 6.06. The van der Waals surface area contributed by atoms with Crippen LogP contribution in [0, 0.1) is 6.92 Å². The van der Waals surface area contributed by atoms with Crippen LogP contribution < -0.4 is 19.9 Å². The average Bonchev–Trinajstić information content (AvgIpc) is 3.39. The highest BCUT2D eigenvalue weighted by Crippen LogP contribution is 2.47. The number of hydrogen-bond acceptors (Lipinski definition) is 5. The summed E-state index contributed by atoms with van der Waals surface area (Å²) in [5.41, 5.74) is 12.8. The van der Waals surface area contributed by atoms with Gasteiger partial charge in [0, 0.05) is 31.2 Å². The summed E-state index contributed by atoms with van der Waals surface area (Å²) in [5, 5.41) is 0. The Morgan fingerprint density at radius 2 is 1.97 bits per heavy atom. The predicted octanol–water partition coefficient (Wildman–Crippen LogP) is 5.09. The number of nitrogens with zero attached hydrogens (tertiary/aromatic N) is 1. The molecule has 2 aliphatic heterocycles. The largest absolute Gasteiger partial charge is 0.492 e.